The van der Waals surface area contributed by atoms with Crippen LogP contribution in [0.1, 0.15) is 44.0 Å². The van der Waals surface area contributed by atoms with Crippen LogP contribution >= 0.6 is 0 Å². The van der Waals surface area contributed by atoms with E-state index < -0.39 is 6.10 Å². The first-order chi connectivity index (χ1) is 9.10. The summed E-state index contributed by atoms with van der Waals surface area (Å²) in [5, 5.41) is 0. The summed E-state index contributed by atoms with van der Waals surface area (Å²) in [5.41, 5.74) is 0.476. The molecule has 0 aliphatic rings. The van der Waals surface area contributed by atoms with Gasteiger partial charge in [-0.1, -0.05) is 26.0 Å². The van der Waals surface area contributed by atoms with Crippen LogP contribution < -0.4 is 4.74 Å². The van der Waals surface area contributed by atoms with Crippen molar-refractivity contribution in [2.45, 2.75) is 39.7 Å². The average molecular weight is 264 g/mol. The molecule has 0 aliphatic heterocycles. The minimum atomic E-state index is -0.674. The summed E-state index contributed by atoms with van der Waals surface area (Å²) in [4.78, 5) is 23.3. The van der Waals surface area contributed by atoms with Gasteiger partial charge in [-0.05, 0) is 31.9 Å². The second kappa shape index (κ2) is 7.56. The van der Waals surface area contributed by atoms with Gasteiger partial charge in [0.05, 0.1) is 12.2 Å². The van der Waals surface area contributed by atoms with Crippen LogP contribution in [0.2, 0.25) is 0 Å². The van der Waals surface area contributed by atoms with Gasteiger partial charge in [-0.2, -0.15) is 0 Å². The number of benzene rings is 1. The number of ketones is 1. The lowest BCUT2D eigenvalue weighted by atomic mass is 10.1. The Bertz CT molecular complexity index is 440. The highest BCUT2D eigenvalue weighted by Gasteiger charge is 2.21. The molecule has 1 rings (SSSR count). The van der Waals surface area contributed by atoms with E-state index in [1.807, 2.05) is 13.8 Å². The van der Waals surface area contributed by atoms with Gasteiger partial charge >= 0.3 is 5.97 Å². The molecule has 0 N–H and O–H groups in total. The molecule has 0 radical (unpaired) electrons. The van der Waals surface area contributed by atoms with E-state index in [4.69, 9.17) is 9.47 Å². The van der Waals surface area contributed by atoms with Crippen molar-refractivity contribution in [2.24, 2.45) is 0 Å². The Morgan fingerprint density at radius 3 is 2.47 bits per heavy atom. The fourth-order valence-electron chi connectivity index (χ4n) is 1.61. The normalized spacial score (nSPS) is 11.7. The summed E-state index contributed by atoms with van der Waals surface area (Å²) < 4.78 is 10.7. The zero-order chi connectivity index (χ0) is 14.3. The van der Waals surface area contributed by atoms with Gasteiger partial charge in [-0.3, -0.25) is 4.79 Å². The van der Waals surface area contributed by atoms with E-state index in [-0.39, 0.29) is 11.8 Å². The highest BCUT2D eigenvalue weighted by atomic mass is 16.6. The molecule has 1 aromatic rings. The number of hydrogen-bond acceptors (Lipinski definition) is 4. The molecule has 1 atom stereocenters. The summed E-state index contributed by atoms with van der Waals surface area (Å²) in [6.07, 6.45) is 0.591. The third-order valence-electron chi connectivity index (χ3n) is 2.62. The predicted octanol–water partition coefficient (Wildman–Crippen LogP) is 3.00. The molecule has 4 nitrogen and oxygen atoms in total. The maximum atomic E-state index is 11.8. The maximum Gasteiger partial charge on any atom is 0.347 e. The van der Waals surface area contributed by atoms with Crippen molar-refractivity contribution in [3.05, 3.63) is 29.8 Å². The first-order valence-electron chi connectivity index (χ1n) is 6.53. The largest absolute Gasteiger partial charge is 0.478 e. The zero-order valence-electron chi connectivity index (χ0n) is 11.6. The second-order valence-corrected chi connectivity index (χ2v) is 4.23. The summed E-state index contributed by atoms with van der Waals surface area (Å²) in [6.45, 7) is 5.62. The first-order valence-corrected chi connectivity index (χ1v) is 6.53. The summed E-state index contributed by atoms with van der Waals surface area (Å²) >= 11 is 0. The van der Waals surface area contributed by atoms with Crippen molar-refractivity contribution in [2.75, 3.05) is 6.61 Å². The summed E-state index contributed by atoms with van der Waals surface area (Å²) in [5.74, 6) is -0.0506. The topological polar surface area (TPSA) is 52.6 Å². The molecule has 0 heterocycles. The lowest BCUT2D eigenvalue weighted by Crippen LogP contribution is -2.29. The number of hydrogen-bond donors (Lipinski definition) is 0. The zero-order valence-corrected chi connectivity index (χ0v) is 11.6. The van der Waals surface area contributed by atoms with Crippen molar-refractivity contribution in [3.8, 4) is 5.75 Å². The Labute approximate surface area is 113 Å². The third kappa shape index (κ3) is 4.39. The molecule has 0 aliphatic carbocycles. The third-order valence-corrected chi connectivity index (χ3v) is 2.62. The number of Topliss-reactive ketones (excluding diaryl/α,β-unsaturated/α-hetero) is 1. The first kappa shape index (κ1) is 15.2. The second-order valence-electron chi connectivity index (χ2n) is 4.23. The molecule has 0 saturated heterocycles. The van der Waals surface area contributed by atoms with Crippen LogP contribution in [-0.4, -0.2) is 24.5 Å². The fraction of sp³-hybridized carbons (Fsp3) is 0.467. The quantitative estimate of drug-likeness (QED) is 0.561. The Morgan fingerprint density at radius 2 is 1.89 bits per heavy atom. The fourth-order valence-corrected chi connectivity index (χ4v) is 1.61. The van der Waals surface area contributed by atoms with Crippen molar-refractivity contribution < 1.29 is 19.1 Å². The highest BCUT2D eigenvalue weighted by molar-refractivity contribution is 5.96. The van der Waals surface area contributed by atoms with Crippen LogP contribution in [0.15, 0.2) is 24.3 Å². The van der Waals surface area contributed by atoms with Gasteiger partial charge in [0.25, 0.3) is 0 Å². The van der Waals surface area contributed by atoms with Gasteiger partial charge in [0.15, 0.2) is 11.9 Å². The SMILES string of the molecule is CCCOC(=O)C(CC)Oc1ccccc1C(C)=O. The van der Waals surface area contributed by atoms with E-state index in [2.05, 4.69) is 0 Å². The van der Waals surface area contributed by atoms with E-state index in [1.54, 1.807) is 24.3 Å². The summed E-state index contributed by atoms with van der Waals surface area (Å²) in [7, 11) is 0. The van der Waals surface area contributed by atoms with E-state index in [0.29, 0.717) is 24.3 Å². The Balaban J connectivity index is 2.81. The van der Waals surface area contributed by atoms with Gasteiger partial charge in [-0.25, -0.2) is 4.79 Å². The summed E-state index contributed by atoms with van der Waals surface area (Å²) in [6, 6.07) is 6.90. The van der Waals surface area contributed by atoms with Crippen molar-refractivity contribution in [1.82, 2.24) is 0 Å². The molecule has 0 fully saturated rings. The molecule has 0 aromatic heterocycles. The minimum absolute atomic E-state index is 0.0904. The molecular formula is C15H20O4. The van der Waals surface area contributed by atoms with Gasteiger partial charge in [0.1, 0.15) is 5.75 Å². The molecule has 104 valence electrons. The van der Waals surface area contributed by atoms with E-state index >= 15 is 0 Å². The molecule has 19 heavy (non-hydrogen) atoms. The molecule has 0 amide bonds. The lowest BCUT2D eigenvalue weighted by molar-refractivity contribution is -0.152. The molecule has 0 spiro atoms. The molecular weight excluding hydrogens is 244 g/mol. The van der Waals surface area contributed by atoms with Crippen LogP contribution in [0.25, 0.3) is 0 Å². The molecule has 1 unspecified atom stereocenters. The minimum Gasteiger partial charge on any atom is -0.478 e. The standard InChI is InChI=1S/C15H20O4/c1-4-10-18-15(17)13(5-2)19-14-9-7-6-8-12(14)11(3)16/h6-9,13H,4-5,10H2,1-3H3. The molecule has 1 aromatic carbocycles. The highest BCUT2D eigenvalue weighted by Crippen LogP contribution is 2.21. The Morgan fingerprint density at radius 1 is 1.21 bits per heavy atom. The van der Waals surface area contributed by atoms with E-state index in [1.165, 1.54) is 6.92 Å². The maximum absolute atomic E-state index is 11.8. The van der Waals surface area contributed by atoms with Gasteiger partial charge < -0.3 is 9.47 Å². The van der Waals surface area contributed by atoms with Gasteiger partial charge in [0, 0.05) is 0 Å². The van der Waals surface area contributed by atoms with Gasteiger partial charge in [-0.15, -0.1) is 0 Å². The Hall–Kier alpha value is -1.84. The average Bonchev–Trinajstić information content (AvgIpc) is 2.42. The number of ether oxygens (including phenoxy) is 2. The molecule has 0 bridgehead atoms. The van der Waals surface area contributed by atoms with E-state index in [9.17, 15) is 9.59 Å². The monoisotopic (exact) mass is 264 g/mol. The number of carbonyl (C=O) groups excluding carboxylic acids is 2. The van der Waals surface area contributed by atoms with Crippen LogP contribution in [0.5, 0.6) is 5.75 Å². The predicted molar refractivity (Wildman–Crippen MR) is 72.4 cm³/mol. The van der Waals surface area contributed by atoms with Crippen LogP contribution in [0.4, 0.5) is 0 Å². The lowest BCUT2D eigenvalue weighted by Gasteiger charge is -2.17. The number of rotatable bonds is 7. The molecule has 0 saturated carbocycles. The molecule has 4 heteroatoms. The number of para-hydroxylation sites is 1. The van der Waals surface area contributed by atoms with Crippen molar-refractivity contribution >= 4 is 11.8 Å². The van der Waals surface area contributed by atoms with Gasteiger partial charge in [0.2, 0.25) is 0 Å². The van der Waals surface area contributed by atoms with Crippen molar-refractivity contribution in [3.63, 3.8) is 0 Å². The van der Waals surface area contributed by atoms with E-state index in [0.717, 1.165) is 6.42 Å². The Kier molecular flexibility index (Phi) is 6.06. The van der Waals surface area contributed by atoms with Crippen LogP contribution in [0.3, 0.4) is 0 Å². The van der Waals surface area contributed by atoms with Crippen LogP contribution in [0, 0.1) is 0 Å². The number of esters is 1. The smallest absolute Gasteiger partial charge is 0.347 e. The van der Waals surface area contributed by atoms with Crippen LogP contribution in [-0.2, 0) is 9.53 Å². The van der Waals surface area contributed by atoms with Crippen molar-refractivity contribution in [1.29, 1.82) is 0 Å². The number of carbonyl (C=O) groups is 2.